The van der Waals surface area contributed by atoms with Crippen molar-refractivity contribution in [1.82, 2.24) is 10.2 Å². The third-order valence-corrected chi connectivity index (χ3v) is 5.69. The Hall–Kier alpha value is -1.70. The van der Waals surface area contributed by atoms with E-state index in [0.29, 0.717) is 12.3 Å². The summed E-state index contributed by atoms with van der Waals surface area (Å²) in [6.07, 6.45) is 6.28. The molecule has 0 spiro atoms. The minimum Gasteiger partial charge on any atom is -0.490 e. The van der Waals surface area contributed by atoms with Gasteiger partial charge in [0.25, 0.3) is 0 Å². The van der Waals surface area contributed by atoms with Crippen LogP contribution in [-0.4, -0.2) is 55.3 Å². The van der Waals surface area contributed by atoms with Gasteiger partial charge in [-0.2, -0.15) is 0 Å². The molecular weight excluding hydrogens is 334 g/mol. The average Bonchev–Trinajstić information content (AvgIpc) is 2.69. The van der Waals surface area contributed by atoms with Crippen molar-refractivity contribution in [3.05, 3.63) is 33.9 Å². The maximum Gasteiger partial charge on any atom is 0.311 e. The van der Waals surface area contributed by atoms with Crippen molar-refractivity contribution in [3.63, 3.8) is 0 Å². The molecule has 1 aliphatic carbocycles. The number of nitrogens with zero attached hydrogens (tertiary/aromatic N) is 2. The van der Waals surface area contributed by atoms with Crippen LogP contribution in [0.2, 0.25) is 0 Å². The first-order valence-corrected chi connectivity index (χ1v) is 9.49. The summed E-state index contributed by atoms with van der Waals surface area (Å²) in [6.45, 7) is 5.15. The van der Waals surface area contributed by atoms with Crippen molar-refractivity contribution >= 4 is 5.69 Å². The molecule has 0 atom stereocenters. The Labute approximate surface area is 154 Å². The summed E-state index contributed by atoms with van der Waals surface area (Å²) >= 11 is 0. The lowest BCUT2D eigenvalue weighted by Crippen LogP contribution is -2.59. The minimum absolute atomic E-state index is 0.0207. The second-order valence-electron chi connectivity index (χ2n) is 7.25. The zero-order valence-corrected chi connectivity index (χ0v) is 15.5. The first-order valence-electron chi connectivity index (χ1n) is 9.49. The maximum absolute atomic E-state index is 11.2. The molecular formula is C19H29N3O4. The highest BCUT2D eigenvalue weighted by atomic mass is 16.6. The molecule has 1 aliphatic heterocycles. The molecule has 3 rings (SSSR count). The van der Waals surface area contributed by atoms with Gasteiger partial charge >= 0.3 is 5.69 Å². The van der Waals surface area contributed by atoms with E-state index in [2.05, 4.69) is 10.2 Å². The fraction of sp³-hybridized carbons (Fsp3) is 0.684. The predicted molar refractivity (Wildman–Crippen MR) is 99.6 cm³/mol. The number of ether oxygens (including phenoxy) is 2. The topological polar surface area (TPSA) is 76.9 Å². The number of rotatable bonds is 7. The van der Waals surface area contributed by atoms with Gasteiger partial charge in [0, 0.05) is 37.8 Å². The molecule has 144 valence electrons. The molecule has 0 bridgehead atoms. The highest BCUT2D eigenvalue weighted by Crippen LogP contribution is 2.34. The Morgan fingerprint density at radius 2 is 2.00 bits per heavy atom. The first-order chi connectivity index (χ1) is 12.6. The summed E-state index contributed by atoms with van der Waals surface area (Å²) < 4.78 is 10.6. The van der Waals surface area contributed by atoms with Gasteiger partial charge in [-0.1, -0.05) is 25.3 Å². The molecule has 0 aromatic heterocycles. The SMILES string of the molecule is COc1ccc(CNCC2(N3CCOCC3)CCCCC2)cc1[N+](=O)[O-]. The van der Waals surface area contributed by atoms with Crippen LogP contribution in [0.4, 0.5) is 5.69 Å². The molecule has 1 aromatic rings. The van der Waals surface area contributed by atoms with E-state index in [1.165, 1.54) is 39.2 Å². The first kappa shape index (κ1) is 19.1. The van der Waals surface area contributed by atoms with E-state index in [0.717, 1.165) is 38.4 Å². The molecule has 1 heterocycles. The number of nitro benzene ring substituents is 1. The summed E-state index contributed by atoms with van der Waals surface area (Å²) in [4.78, 5) is 13.4. The van der Waals surface area contributed by atoms with Crippen molar-refractivity contribution in [2.45, 2.75) is 44.2 Å². The molecule has 0 radical (unpaired) electrons. The Morgan fingerprint density at radius 1 is 1.27 bits per heavy atom. The fourth-order valence-electron chi connectivity index (χ4n) is 4.28. The smallest absolute Gasteiger partial charge is 0.311 e. The van der Waals surface area contributed by atoms with Gasteiger partial charge in [0.1, 0.15) is 0 Å². The largest absolute Gasteiger partial charge is 0.490 e. The van der Waals surface area contributed by atoms with Gasteiger partial charge in [0.05, 0.1) is 25.2 Å². The quantitative estimate of drug-likeness (QED) is 0.593. The van der Waals surface area contributed by atoms with E-state index >= 15 is 0 Å². The standard InChI is InChI=1S/C19H29N3O4/c1-25-18-6-5-16(13-17(18)22(23)24)14-20-15-19(7-3-2-4-8-19)21-9-11-26-12-10-21/h5-6,13,20H,2-4,7-12,14-15H2,1H3. The molecule has 0 amide bonds. The van der Waals surface area contributed by atoms with Crippen LogP contribution in [0.3, 0.4) is 0 Å². The third-order valence-electron chi connectivity index (χ3n) is 5.69. The van der Waals surface area contributed by atoms with Gasteiger partial charge in [-0.05, 0) is 24.5 Å². The molecule has 2 fully saturated rings. The zero-order chi connectivity index (χ0) is 18.4. The number of nitrogens with one attached hydrogen (secondary N) is 1. The molecule has 7 heteroatoms. The maximum atomic E-state index is 11.2. The molecule has 1 aromatic carbocycles. The van der Waals surface area contributed by atoms with Crippen LogP contribution in [0.5, 0.6) is 5.75 Å². The van der Waals surface area contributed by atoms with Crippen LogP contribution in [0.25, 0.3) is 0 Å². The lowest BCUT2D eigenvalue weighted by molar-refractivity contribution is -0.385. The van der Waals surface area contributed by atoms with Gasteiger partial charge in [0.15, 0.2) is 5.75 Å². The van der Waals surface area contributed by atoms with Gasteiger partial charge in [-0.15, -0.1) is 0 Å². The Bertz CT molecular complexity index is 611. The summed E-state index contributed by atoms with van der Waals surface area (Å²) in [5.41, 5.74) is 1.12. The number of hydrogen-bond donors (Lipinski definition) is 1. The second-order valence-corrected chi connectivity index (χ2v) is 7.25. The molecule has 1 N–H and O–H groups in total. The van der Waals surface area contributed by atoms with E-state index in [-0.39, 0.29) is 11.2 Å². The zero-order valence-electron chi connectivity index (χ0n) is 15.5. The number of morpholine rings is 1. The fourth-order valence-corrected chi connectivity index (χ4v) is 4.28. The van der Waals surface area contributed by atoms with Gasteiger partial charge in [-0.25, -0.2) is 0 Å². The number of hydrogen-bond acceptors (Lipinski definition) is 6. The van der Waals surface area contributed by atoms with E-state index < -0.39 is 4.92 Å². The highest BCUT2D eigenvalue weighted by Gasteiger charge is 2.38. The van der Waals surface area contributed by atoms with E-state index in [1.807, 2.05) is 6.07 Å². The molecule has 1 saturated heterocycles. The van der Waals surface area contributed by atoms with Crippen LogP contribution >= 0.6 is 0 Å². The Morgan fingerprint density at radius 3 is 2.65 bits per heavy atom. The van der Waals surface area contributed by atoms with Gasteiger partial charge in [0.2, 0.25) is 0 Å². The lowest BCUT2D eigenvalue weighted by Gasteiger charge is -2.48. The highest BCUT2D eigenvalue weighted by molar-refractivity contribution is 5.48. The Balaban J connectivity index is 1.64. The lowest BCUT2D eigenvalue weighted by atomic mass is 9.79. The van der Waals surface area contributed by atoms with Crippen LogP contribution in [0, 0.1) is 10.1 Å². The molecule has 1 saturated carbocycles. The van der Waals surface area contributed by atoms with Crippen LogP contribution in [0.15, 0.2) is 18.2 Å². The van der Waals surface area contributed by atoms with Crippen molar-refractivity contribution in [3.8, 4) is 5.75 Å². The average molecular weight is 363 g/mol. The van der Waals surface area contributed by atoms with Gasteiger partial charge in [-0.3, -0.25) is 15.0 Å². The predicted octanol–water partition coefficient (Wildman–Crippen LogP) is 2.73. The number of nitro groups is 1. The van der Waals surface area contributed by atoms with E-state index in [1.54, 1.807) is 12.1 Å². The van der Waals surface area contributed by atoms with Crippen molar-refractivity contribution < 1.29 is 14.4 Å². The molecule has 7 nitrogen and oxygen atoms in total. The summed E-state index contributed by atoms with van der Waals surface area (Å²) in [6, 6.07) is 5.17. The van der Waals surface area contributed by atoms with Crippen LogP contribution < -0.4 is 10.1 Å². The minimum atomic E-state index is -0.390. The van der Waals surface area contributed by atoms with Crippen LogP contribution in [0.1, 0.15) is 37.7 Å². The normalized spacial score (nSPS) is 20.7. The van der Waals surface area contributed by atoms with Crippen molar-refractivity contribution in [1.29, 1.82) is 0 Å². The third kappa shape index (κ3) is 4.34. The second kappa shape index (κ2) is 8.79. The summed E-state index contributed by atoms with van der Waals surface area (Å²) in [5, 5.41) is 14.8. The van der Waals surface area contributed by atoms with Crippen molar-refractivity contribution in [2.75, 3.05) is 40.0 Å². The van der Waals surface area contributed by atoms with Crippen LogP contribution in [-0.2, 0) is 11.3 Å². The summed E-state index contributed by atoms with van der Waals surface area (Å²) in [5.74, 6) is 0.302. The van der Waals surface area contributed by atoms with Crippen molar-refractivity contribution in [2.24, 2.45) is 0 Å². The van der Waals surface area contributed by atoms with E-state index in [4.69, 9.17) is 9.47 Å². The number of methoxy groups -OCH3 is 1. The summed E-state index contributed by atoms with van der Waals surface area (Å²) in [7, 11) is 1.45. The number of benzene rings is 1. The molecule has 2 aliphatic rings. The van der Waals surface area contributed by atoms with Gasteiger partial charge < -0.3 is 14.8 Å². The van der Waals surface area contributed by atoms with E-state index in [9.17, 15) is 10.1 Å². The molecule has 26 heavy (non-hydrogen) atoms. The monoisotopic (exact) mass is 363 g/mol. The Kier molecular flexibility index (Phi) is 6.45. The molecule has 0 unspecified atom stereocenters.